The third-order valence-corrected chi connectivity index (χ3v) is 6.26. The Labute approximate surface area is 127 Å². The Bertz CT molecular complexity index is 680. The first-order valence-corrected chi connectivity index (χ1v) is 9.48. The Balaban J connectivity index is 2.21. The van der Waals surface area contributed by atoms with E-state index in [0.717, 1.165) is 9.77 Å². The number of rotatable bonds is 6. The van der Waals surface area contributed by atoms with Crippen molar-refractivity contribution < 1.29 is 8.42 Å². The second-order valence-corrected chi connectivity index (χ2v) is 8.05. The highest BCUT2D eigenvalue weighted by atomic mass is 32.2. The van der Waals surface area contributed by atoms with Crippen LogP contribution in [0.15, 0.2) is 45.5 Å². The van der Waals surface area contributed by atoms with Gasteiger partial charge in [0.15, 0.2) is 0 Å². The van der Waals surface area contributed by atoms with Gasteiger partial charge in [-0.3, -0.25) is 4.72 Å². The Morgan fingerprint density at radius 1 is 1.25 bits per heavy atom. The van der Waals surface area contributed by atoms with Crippen molar-refractivity contribution in [3.05, 3.63) is 41.3 Å². The maximum Gasteiger partial charge on any atom is 0.271 e. The van der Waals surface area contributed by atoms with Gasteiger partial charge in [-0.25, -0.2) is 8.42 Å². The lowest BCUT2D eigenvalue weighted by Crippen LogP contribution is -2.11. The van der Waals surface area contributed by atoms with E-state index in [9.17, 15) is 8.42 Å². The quantitative estimate of drug-likeness (QED) is 0.801. The zero-order valence-corrected chi connectivity index (χ0v) is 13.7. The van der Waals surface area contributed by atoms with Crippen LogP contribution in [0.4, 0.5) is 5.69 Å². The van der Waals surface area contributed by atoms with Gasteiger partial charge >= 0.3 is 0 Å². The number of nitrogens with one attached hydrogen (secondary N) is 2. The van der Waals surface area contributed by atoms with Crippen LogP contribution in [0.5, 0.6) is 0 Å². The molecule has 20 heavy (non-hydrogen) atoms. The van der Waals surface area contributed by atoms with Crippen molar-refractivity contribution >= 4 is 38.8 Å². The Hall–Kier alpha value is -1.02. The van der Waals surface area contributed by atoms with E-state index >= 15 is 0 Å². The van der Waals surface area contributed by atoms with Crippen molar-refractivity contribution in [1.82, 2.24) is 5.32 Å². The zero-order valence-electron chi connectivity index (χ0n) is 11.2. The average molecular weight is 328 g/mol. The van der Waals surface area contributed by atoms with Crippen LogP contribution in [0.1, 0.15) is 4.88 Å². The molecule has 2 N–H and O–H groups in total. The molecule has 0 aliphatic rings. The summed E-state index contributed by atoms with van der Waals surface area (Å²) in [7, 11) is -1.67. The van der Waals surface area contributed by atoms with Gasteiger partial charge in [-0.1, -0.05) is 6.07 Å². The summed E-state index contributed by atoms with van der Waals surface area (Å²) in [5, 5.41) is 3.01. The molecule has 0 atom stereocenters. The van der Waals surface area contributed by atoms with Crippen molar-refractivity contribution in [3.63, 3.8) is 0 Å². The van der Waals surface area contributed by atoms with Crippen molar-refractivity contribution in [2.75, 3.05) is 18.0 Å². The second kappa shape index (κ2) is 6.62. The molecule has 0 unspecified atom stereocenters. The summed E-state index contributed by atoms with van der Waals surface area (Å²) in [4.78, 5) is 2.01. The summed E-state index contributed by atoms with van der Waals surface area (Å²) in [5.41, 5.74) is 0.584. The molecule has 0 amide bonds. The fourth-order valence-corrected chi connectivity index (χ4v) is 4.54. The predicted molar refractivity (Wildman–Crippen MR) is 86.1 cm³/mol. The highest BCUT2D eigenvalue weighted by Gasteiger charge is 2.16. The van der Waals surface area contributed by atoms with Crippen LogP contribution in [-0.4, -0.2) is 21.7 Å². The highest BCUT2D eigenvalue weighted by Crippen LogP contribution is 2.25. The lowest BCUT2D eigenvalue weighted by molar-refractivity contribution is 0.603. The SMILES string of the molecule is CNCc1ccc(S(=O)(=O)Nc2cccc(SC)c2)s1. The number of thiophene rings is 1. The smallest absolute Gasteiger partial charge is 0.271 e. The molecule has 4 nitrogen and oxygen atoms in total. The maximum atomic E-state index is 12.3. The summed E-state index contributed by atoms with van der Waals surface area (Å²) in [6.07, 6.45) is 1.96. The predicted octanol–water partition coefficient (Wildman–Crippen LogP) is 2.99. The summed E-state index contributed by atoms with van der Waals surface area (Å²) in [6.45, 7) is 0.669. The van der Waals surface area contributed by atoms with E-state index in [2.05, 4.69) is 10.0 Å². The van der Waals surface area contributed by atoms with Crippen LogP contribution < -0.4 is 10.0 Å². The molecular formula is C13H16N2O2S3. The van der Waals surface area contributed by atoms with Crippen LogP contribution >= 0.6 is 23.1 Å². The lowest BCUT2D eigenvalue weighted by Gasteiger charge is -2.07. The maximum absolute atomic E-state index is 12.3. The molecule has 7 heteroatoms. The fourth-order valence-electron chi connectivity index (χ4n) is 1.66. The van der Waals surface area contributed by atoms with E-state index in [1.807, 2.05) is 37.6 Å². The van der Waals surface area contributed by atoms with Gasteiger partial charge in [0.2, 0.25) is 0 Å². The van der Waals surface area contributed by atoms with Crippen molar-refractivity contribution in [2.24, 2.45) is 0 Å². The Kier molecular flexibility index (Phi) is 5.09. The van der Waals surface area contributed by atoms with Crippen LogP contribution in [0.2, 0.25) is 0 Å². The van der Waals surface area contributed by atoms with Gasteiger partial charge in [0.05, 0.1) is 0 Å². The highest BCUT2D eigenvalue weighted by molar-refractivity contribution is 7.98. The second-order valence-electron chi connectivity index (χ2n) is 4.09. The first-order chi connectivity index (χ1) is 9.55. The number of thioether (sulfide) groups is 1. The molecule has 0 spiro atoms. The van der Waals surface area contributed by atoms with E-state index in [0.29, 0.717) is 16.4 Å². The standard InChI is InChI=1S/C13H16N2O2S3/c1-14-9-12-6-7-13(19-12)20(16,17)15-10-4-3-5-11(8-10)18-2/h3-8,14-15H,9H2,1-2H3. The first kappa shape index (κ1) is 15.4. The summed E-state index contributed by atoms with van der Waals surface area (Å²) in [5.74, 6) is 0. The van der Waals surface area contributed by atoms with Crippen LogP contribution in [0.25, 0.3) is 0 Å². The molecule has 108 valence electrons. The molecule has 1 heterocycles. The molecule has 0 bridgehead atoms. The molecule has 0 saturated heterocycles. The molecular weight excluding hydrogens is 312 g/mol. The monoisotopic (exact) mass is 328 g/mol. The molecule has 0 radical (unpaired) electrons. The average Bonchev–Trinajstić information content (AvgIpc) is 2.88. The van der Waals surface area contributed by atoms with E-state index in [4.69, 9.17) is 0 Å². The Morgan fingerprint density at radius 3 is 2.75 bits per heavy atom. The van der Waals surface area contributed by atoms with E-state index < -0.39 is 10.0 Å². The van der Waals surface area contributed by atoms with E-state index in [-0.39, 0.29) is 0 Å². The van der Waals surface area contributed by atoms with Gasteiger partial charge in [0.25, 0.3) is 10.0 Å². The Morgan fingerprint density at radius 2 is 2.05 bits per heavy atom. The molecule has 0 aliphatic carbocycles. The molecule has 1 aromatic heterocycles. The molecule has 0 fully saturated rings. The van der Waals surface area contributed by atoms with Crippen LogP contribution in [-0.2, 0) is 16.6 Å². The minimum Gasteiger partial charge on any atom is -0.315 e. The number of sulfonamides is 1. The van der Waals surface area contributed by atoms with Crippen molar-refractivity contribution in [1.29, 1.82) is 0 Å². The minimum absolute atomic E-state index is 0.331. The van der Waals surface area contributed by atoms with Gasteiger partial charge in [-0.2, -0.15) is 0 Å². The van der Waals surface area contributed by atoms with Gasteiger partial charge in [-0.05, 0) is 43.6 Å². The normalized spacial score (nSPS) is 11.5. The minimum atomic E-state index is -3.50. The number of hydrogen-bond acceptors (Lipinski definition) is 5. The summed E-state index contributed by atoms with van der Waals surface area (Å²) >= 11 is 2.85. The lowest BCUT2D eigenvalue weighted by atomic mass is 10.3. The van der Waals surface area contributed by atoms with Crippen molar-refractivity contribution in [3.8, 4) is 0 Å². The van der Waals surface area contributed by atoms with Crippen LogP contribution in [0.3, 0.4) is 0 Å². The summed E-state index contributed by atoms with van der Waals surface area (Å²) < 4.78 is 27.5. The molecule has 1 aromatic carbocycles. The zero-order chi connectivity index (χ0) is 14.6. The molecule has 0 saturated carbocycles. The summed E-state index contributed by atoms with van der Waals surface area (Å²) in [6, 6.07) is 10.8. The third-order valence-electron chi connectivity index (χ3n) is 2.57. The topological polar surface area (TPSA) is 58.2 Å². The van der Waals surface area contributed by atoms with E-state index in [1.54, 1.807) is 23.9 Å². The fraction of sp³-hybridized carbons (Fsp3) is 0.231. The van der Waals surface area contributed by atoms with Gasteiger partial charge in [-0.15, -0.1) is 23.1 Å². The molecule has 2 rings (SSSR count). The van der Waals surface area contributed by atoms with Gasteiger partial charge in [0, 0.05) is 22.0 Å². The largest absolute Gasteiger partial charge is 0.315 e. The number of benzene rings is 1. The number of hydrogen-bond donors (Lipinski definition) is 2. The van der Waals surface area contributed by atoms with Gasteiger partial charge in [0.1, 0.15) is 4.21 Å². The van der Waals surface area contributed by atoms with Crippen LogP contribution in [0, 0.1) is 0 Å². The molecule has 0 aliphatic heterocycles. The third kappa shape index (κ3) is 3.76. The molecule has 2 aromatic rings. The van der Waals surface area contributed by atoms with Gasteiger partial charge < -0.3 is 5.32 Å². The first-order valence-electron chi connectivity index (χ1n) is 5.95. The number of anilines is 1. The van der Waals surface area contributed by atoms with E-state index in [1.165, 1.54) is 11.3 Å². The van der Waals surface area contributed by atoms with Crippen molar-refractivity contribution in [2.45, 2.75) is 15.6 Å².